The summed E-state index contributed by atoms with van der Waals surface area (Å²) in [6, 6.07) is 7.67. The molecule has 2 nitrogen and oxygen atoms in total. The van der Waals surface area contributed by atoms with Crippen LogP contribution in [0.3, 0.4) is 0 Å². The van der Waals surface area contributed by atoms with E-state index in [1.807, 2.05) is 19.1 Å². The van der Waals surface area contributed by atoms with Crippen LogP contribution >= 0.6 is 15.9 Å². The van der Waals surface area contributed by atoms with Crippen molar-refractivity contribution in [2.45, 2.75) is 26.3 Å². The summed E-state index contributed by atoms with van der Waals surface area (Å²) in [4.78, 5) is 3.83. The van der Waals surface area contributed by atoms with Gasteiger partial charge in [0.15, 0.2) is 0 Å². The predicted octanol–water partition coefficient (Wildman–Crippen LogP) is 4.38. The highest BCUT2D eigenvalue weighted by atomic mass is 79.9. The zero-order valence-corrected chi connectivity index (χ0v) is 13.2. The Morgan fingerprint density at radius 2 is 2.10 bits per heavy atom. The largest absolute Gasteiger partial charge is 0.306 e. The number of benzene rings is 1. The van der Waals surface area contributed by atoms with Crippen LogP contribution in [0.2, 0.25) is 0 Å². The van der Waals surface area contributed by atoms with Crippen LogP contribution in [-0.4, -0.2) is 11.5 Å². The molecule has 1 atom stereocenters. The number of rotatable bonds is 5. The summed E-state index contributed by atoms with van der Waals surface area (Å²) in [7, 11) is 0. The highest BCUT2D eigenvalue weighted by molar-refractivity contribution is 9.10. The molecule has 0 aliphatic heterocycles. The SMILES string of the molecule is CCCNC(c1ccc(Br)cc1C)c1ccncc1F. The second-order valence-corrected chi connectivity index (χ2v) is 5.70. The van der Waals surface area contributed by atoms with Gasteiger partial charge in [0.25, 0.3) is 0 Å². The third-order valence-corrected chi connectivity index (χ3v) is 3.75. The summed E-state index contributed by atoms with van der Waals surface area (Å²) in [5.41, 5.74) is 2.86. The van der Waals surface area contributed by atoms with Crippen molar-refractivity contribution in [3.63, 3.8) is 0 Å². The third-order valence-electron chi connectivity index (χ3n) is 3.26. The van der Waals surface area contributed by atoms with Crippen LogP contribution in [0.15, 0.2) is 41.1 Å². The number of nitrogens with zero attached hydrogens (tertiary/aromatic N) is 1. The summed E-state index contributed by atoms with van der Waals surface area (Å²) in [5.74, 6) is -0.275. The molecule has 0 aliphatic carbocycles. The maximum Gasteiger partial charge on any atom is 0.146 e. The highest BCUT2D eigenvalue weighted by Crippen LogP contribution is 2.28. The molecule has 0 radical (unpaired) electrons. The monoisotopic (exact) mass is 336 g/mol. The number of halogens is 2. The van der Waals surface area contributed by atoms with Crippen molar-refractivity contribution in [2.75, 3.05) is 6.54 Å². The van der Waals surface area contributed by atoms with Gasteiger partial charge in [0.05, 0.1) is 12.2 Å². The van der Waals surface area contributed by atoms with Crippen molar-refractivity contribution in [3.05, 3.63) is 63.6 Å². The van der Waals surface area contributed by atoms with Crippen molar-refractivity contribution in [3.8, 4) is 0 Å². The molecule has 2 rings (SSSR count). The van der Waals surface area contributed by atoms with Crippen molar-refractivity contribution in [1.82, 2.24) is 10.3 Å². The van der Waals surface area contributed by atoms with Crippen molar-refractivity contribution in [2.24, 2.45) is 0 Å². The molecule has 0 amide bonds. The van der Waals surface area contributed by atoms with Gasteiger partial charge in [0.2, 0.25) is 0 Å². The smallest absolute Gasteiger partial charge is 0.146 e. The van der Waals surface area contributed by atoms with E-state index in [2.05, 4.69) is 39.2 Å². The van der Waals surface area contributed by atoms with Crippen LogP contribution in [0.1, 0.15) is 36.1 Å². The first kappa shape index (κ1) is 15.1. The minimum atomic E-state index is -0.275. The average Bonchev–Trinajstić information content (AvgIpc) is 2.42. The Morgan fingerprint density at radius 1 is 1.30 bits per heavy atom. The van der Waals surface area contributed by atoms with Gasteiger partial charge < -0.3 is 5.32 Å². The molecule has 1 unspecified atom stereocenters. The van der Waals surface area contributed by atoms with Crippen LogP contribution in [0.25, 0.3) is 0 Å². The zero-order chi connectivity index (χ0) is 14.5. The normalized spacial score (nSPS) is 12.4. The fourth-order valence-corrected chi connectivity index (χ4v) is 2.73. The second kappa shape index (κ2) is 6.95. The van der Waals surface area contributed by atoms with Crippen molar-refractivity contribution >= 4 is 15.9 Å². The molecule has 0 saturated heterocycles. The van der Waals surface area contributed by atoms with Crippen LogP contribution in [0, 0.1) is 12.7 Å². The fraction of sp³-hybridized carbons (Fsp3) is 0.312. The fourth-order valence-electron chi connectivity index (χ4n) is 2.26. The Bertz CT molecular complexity index is 586. The number of hydrogen-bond acceptors (Lipinski definition) is 2. The highest BCUT2D eigenvalue weighted by Gasteiger charge is 2.18. The molecule has 1 aromatic heterocycles. The lowest BCUT2D eigenvalue weighted by molar-refractivity contribution is 0.542. The Kier molecular flexibility index (Phi) is 5.26. The number of aryl methyl sites for hydroxylation is 1. The second-order valence-electron chi connectivity index (χ2n) is 4.79. The molecule has 0 spiro atoms. The van der Waals surface area contributed by atoms with Gasteiger partial charge in [-0.2, -0.15) is 0 Å². The Balaban J connectivity index is 2.44. The summed E-state index contributed by atoms with van der Waals surface area (Å²) in [6.45, 7) is 4.98. The number of pyridine rings is 1. The van der Waals surface area contributed by atoms with E-state index in [1.54, 1.807) is 12.3 Å². The lowest BCUT2D eigenvalue weighted by atomic mass is 9.95. The molecule has 2 aromatic rings. The van der Waals surface area contributed by atoms with E-state index in [0.717, 1.165) is 28.6 Å². The zero-order valence-electron chi connectivity index (χ0n) is 11.7. The quantitative estimate of drug-likeness (QED) is 0.876. The number of aromatic nitrogens is 1. The Hall–Kier alpha value is -1.26. The topological polar surface area (TPSA) is 24.9 Å². The molecule has 0 saturated carbocycles. The molecule has 1 aromatic carbocycles. The molecular weight excluding hydrogens is 319 g/mol. The van der Waals surface area contributed by atoms with Gasteiger partial charge in [-0.25, -0.2) is 4.39 Å². The minimum absolute atomic E-state index is 0.147. The standard InChI is InChI=1S/C16H18BrFN2/c1-3-7-20-16(14-6-8-19-10-15(14)18)13-5-4-12(17)9-11(13)2/h4-6,8-10,16,20H,3,7H2,1-2H3. The first-order valence-electron chi connectivity index (χ1n) is 6.72. The summed E-state index contributed by atoms with van der Waals surface area (Å²) < 4.78 is 15.1. The van der Waals surface area contributed by atoms with E-state index < -0.39 is 0 Å². The number of hydrogen-bond donors (Lipinski definition) is 1. The first-order chi connectivity index (χ1) is 9.63. The molecule has 20 heavy (non-hydrogen) atoms. The van der Waals surface area contributed by atoms with Gasteiger partial charge >= 0.3 is 0 Å². The molecule has 106 valence electrons. The molecule has 0 fully saturated rings. The lowest BCUT2D eigenvalue weighted by Crippen LogP contribution is -2.25. The molecule has 1 N–H and O–H groups in total. The van der Waals surface area contributed by atoms with Gasteiger partial charge in [-0.3, -0.25) is 4.98 Å². The van der Waals surface area contributed by atoms with Crippen LogP contribution < -0.4 is 5.32 Å². The van der Waals surface area contributed by atoms with Crippen molar-refractivity contribution < 1.29 is 4.39 Å². The minimum Gasteiger partial charge on any atom is -0.306 e. The Morgan fingerprint density at radius 3 is 2.75 bits per heavy atom. The van der Waals surface area contributed by atoms with E-state index >= 15 is 0 Å². The average molecular weight is 337 g/mol. The molecular formula is C16H18BrFN2. The van der Waals surface area contributed by atoms with E-state index in [-0.39, 0.29) is 11.9 Å². The van der Waals surface area contributed by atoms with E-state index in [0.29, 0.717) is 5.56 Å². The molecule has 0 bridgehead atoms. The van der Waals surface area contributed by atoms with Gasteiger partial charge in [0.1, 0.15) is 5.82 Å². The van der Waals surface area contributed by atoms with Crippen LogP contribution in [0.4, 0.5) is 4.39 Å². The van der Waals surface area contributed by atoms with E-state index in [4.69, 9.17) is 0 Å². The van der Waals surface area contributed by atoms with Gasteiger partial charge in [0, 0.05) is 16.2 Å². The predicted molar refractivity (Wildman–Crippen MR) is 83.2 cm³/mol. The maximum absolute atomic E-state index is 14.1. The Labute approximate surface area is 127 Å². The third kappa shape index (κ3) is 3.44. The van der Waals surface area contributed by atoms with Crippen molar-refractivity contribution in [1.29, 1.82) is 0 Å². The summed E-state index contributed by atoms with van der Waals surface area (Å²) in [6.07, 6.45) is 3.90. The summed E-state index contributed by atoms with van der Waals surface area (Å²) in [5, 5.41) is 3.42. The van der Waals surface area contributed by atoms with E-state index in [9.17, 15) is 4.39 Å². The summed E-state index contributed by atoms with van der Waals surface area (Å²) >= 11 is 3.46. The van der Waals surface area contributed by atoms with Gasteiger partial charge in [-0.05, 0) is 49.2 Å². The van der Waals surface area contributed by atoms with Crippen LogP contribution in [0.5, 0.6) is 0 Å². The maximum atomic E-state index is 14.1. The van der Waals surface area contributed by atoms with Gasteiger partial charge in [-0.1, -0.05) is 28.9 Å². The number of nitrogens with one attached hydrogen (secondary N) is 1. The van der Waals surface area contributed by atoms with Gasteiger partial charge in [-0.15, -0.1) is 0 Å². The lowest BCUT2D eigenvalue weighted by Gasteiger charge is -2.22. The molecule has 0 aliphatic rings. The molecule has 4 heteroatoms. The van der Waals surface area contributed by atoms with E-state index in [1.165, 1.54) is 6.20 Å². The first-order valence-corrected chi connectivity index (χ1v) is 7.51. The van der Waals surface area contributed by atoms with Crippen LogP contribution in [-0.2, 0) is 0 Å². The molecule has 1 heterocycles.